The normalized spacial score (nSPS) is 10.9. The van der Waals surface area contributed by atoms with Crippen LogP contribution in [0.5, 0.6) is 0 Å². The van der Waals surface area contributed by atoms with E-state index in [0.29, 0.717) is 0 Å². The van der Waals surface area contributed by atoms with E-state index >= 15 is 0 Å². The van der Waals surface area contributed by atoms with Crippen LogP contribution in [-0.2, 0) is 0 Å². The molecular weight excluding hydrogens is 199 g/mol. The molecule has 0 saturated heterocycles. The van der Waals surface area contributed by atoms with Crippen LogP contribution < -0.4 is 0 Å². The summed E-state index contributed by atoms with van der Waals surface area (Å²) in [5.74, 6) is 0. The minimum atomic E-state index is 1.12. The van der Waals surface area contributed by atoms with Gasteiger partial charge < -0.3 is 0 Å². The second-order valence-corrected chi connectivity index (χ2v) is 2.94. The van der Waals surface area contributed by atoms with E-state index in [1.54, 1.807) is 5.54 Å². The lowest BCUT2D eigenvalue weighted by Gasteiger charge is -1.91. The van der Waals surface area contributed by atoms with E-state index in [1.807, 2.05) is 6.08 Å². The molecule has 0 aliphatic heterocycles. The SMILES string of the molecule is ClC=CCCCCCBr. The molecule has 0 nitrogen and oxygen atoms in total. The average Bonchev–Trinajstić information content (AvgIpc) is 1.89. The van der Waals surface area contributed by atoms with Crippen molar-refractivity contribution in [3.63, 3.8) is 0 Å². The molecule has 2 heteroatoms. The molecule has 0 heterocycles. The zero-order chi connectivity index (χ0) is 6.95. The Morgan fingerprint density at radius 3 is 2.56 bits per heavy atom. The van der Waals surface area contributed by atoms with Crippen LogP contribution in [0.1, 0.15) is 25.7 Å². The maximum Gasteiger partial charge on any atom is 0.00313 e. The largest absolute Gasteiger partial charge is 0.0933 e. The molecule has 0 aliphatic carbocycles. The van der Waals surface area contributed by atoms with Crippen molar-refractivity contribution in [3.05, 3.63) is 11.6 Å². The molecule has 0 aliphatic rings. The van der Waals surface area contributed by atoms with Crippen molar-refractivity contribution in [1.29, 1.82) is 0 Å². The van der Waals surface area contributed by atoms with Crippen molar-refractivity contribution in [1.82, 2.24) is 0 Å². The number of halogens is 2. The molecule has 0 aromatic carbocycles. The summed E-state index contributed by atoms with van der Waals surface area (Å²) in [6.07, 6.45) is 6.95. The van der Waals surface area contributed by atoms with Crippen LogP contribution in [0.3, 0.4) is 0 Å². The molecular formula is C7H12BrCl. The highest BCUT2D eigenvalue weighted by Gasteiger charge is 1.83. The zero-order valence-electron chi connectivity index (χ0n) is 5.45. The molecule has 0 aromatic heterocycles. The van der Waals surface area contributed by atoms with E-state index in [1.165, 1.54) is 19.3 Å². The monoisotopic (exact) mass is 210 g/mol. The van der Waals surface area contributed by atoms with Gasteiger partial charge in [-0.15, -0.1) is 0 Å². The summed E-state index contributed by atoms with van der Waals surface area (Å²) >= 11 is 8.70. The summed E-state index contributed by atoms with van der Waals surface area (Å²) in [6.45, 7) is 0. The lowest BCUT2D eigenvalue weighted by molar-refractivity contribution is 0.737. The van der Waals surface area contributed by atoms with Crippen LogP contribution in [0.25, 0.3) is 0 Å². The quantitative estimate of drug-likeness (QED) is 0.481. The smallest absolute Gasteiger partial charge is 0.00313 e. The van der Waals surface area contributed by atoms with E-state index < -0.39 is 0 Å². The Bertz CT molecular complexity index is 71.3. The maximum atomic E-state index is 5.32. The molecule has 0 saturated carbocycles. The van der Waals surface area contributed by atoms with Crippen molar-refractivity contribution < 1.29 is 0 Å². The first-order valence-electron chi connectivity index (χ1n) is 3.23. The third kappa shape index (κ3) is 8.51. The number of hydrogen-bond donors (Lipinski definition) is 0. The molecule has 0 atom stereocenters. The Balaban J connectivity index is 2.75. The Morgan fingerprint density at radius 1 is 1.22 bits per heavy atom. The van der Waals surface area contributed by atoms with Crippen LogP contribution in [0, 0.1) is 0 Å². The Morgan fingerprint density at radius 2 is 2.00 bits per heavy atom. The molecule has 0 rings (SSSR count). The van der Waals surface area contributed by atoms with Gasteiger partial charge in [0.1, 0.15) is 0 Å². The van der Waals surface area contributed by atoms with Gasteiger partial charge >= 0.3 is 0 Å². The van der Waals surface area contributed by atoms with Crippen molar-refractivity contribution in [2.24, 2.45) is 0 Å². The van der Waals surface area contributed by atoms with Crippen molar-refractivity contribution >= 4 is 27.5 Å². The fraction of sp³-hybridized carbons (Fsp3) is 0.714. The lowest BCUT2D eigenvalue weighted by Crippen LogP contribution is -1.75. The van der Waals surface area contributed by atoms with Gasteiger partial charge in [-0.25, -0.2) is 0 Å². The van der Waals surface area contributed by atoms with E-state index in [-0.39, 0.29) is 0 Å². The third-order valence-corrected chi connectivity index (χ3v) is 1.83. The molecule has 9 heavy (non-hydrogen) atoms. The highest BCUT2D eigenvalue weighted by molar-refractivity contribution is 9.09. The molecule has 0 N–H and O–H groups in total. The molecule has 0 amide bonds. The number of hydrogen-bond acceptors (Lipinski definition) is 0. The minimum absolute atomic E-state index is 1.12. The van der Waals surface area contributed by atoms with Gasteiger partial charge in [0, 0.05) is 10.9 Å². The number of rotatable bonds is 5. The number of allylic oxidation sites excluding steroid dienone is 1. The van der Waals surface area contributed by atoms with Gasteiger partial charge in [0.2, 0.25) is 0 Å². The van der Waals surface area contributed by atoms with Crippen molar-refractivity contribution in [2.45, 2.75) is 25.7 Å². The van der Waals surface area contributed by atoms with Gasteiger partial charge in [-0.3, -0.25) is 0 Å². The van der Waals surface area contributed by atoms with E-state index in [0.717, 1.165) is 11.8 Å². The predicted molar refractivity (Wildman–Crippen MR) is 47.3 cm³/mol. The first kappa shape index (κ1) is 9.51. The average molecular weight is 212 g/mol. The molecule has 0 radical (unpaired) electrons. The Kier molecular flexibility index (Phi) is 8.99. The predicted octanol–water partition coefficient (Wildman–Crippen LogP) is 3.69. The highest BCUT2D eigenvalue weighted by Crippen LogP contribution is 2.02. The molecule has 0 aromatic rings. The van der Waals surface area contributed by atoms with Gasteiger partial charge in [-0.2, -0.15) is 0 Å². The first-order chi connectivity index (χ1) is 4.41. The second kappa shape index (κ2) is 8.51. The van der Waals surface area contributed by atoms with E-state index in [2.05, 4.69) is 15.9 Å². The van der Waals surface area contributed by atoms with E-state index in [4.69, 9.17) is 11.6 Å². The van der Waals surface area contributed by atoms with Crippen molar-refractivity contribution in [3.8, 4) is 0 Å². The Hall–Kier alpha value is 0.510. The second-order valence-electron chi connectivity index (χ2n) is 1.90. The van der Waals surface area contributed by atoms with Crippen molar-refractivity contribution in [2.75, 3.05) is 5.33 Å². The topological polar surface area (TPSA) is 0 Å². The van der Waals surface area contributed by atoms with Crippen LogP contribution in [0.4, 0.5) is 0 Å². The lowest BCUT2D eigenvalue weighted by atomic mass is 10.2. The standard InChI is InChI=1S/C7H12BrCl/c8-6-4-2-1-3-5-7-9/h5,7H,1-4,6H2. The van der Waals surface area contributed by atoms with Crippen LogP contribution in [-0.4, -0.2) is 5.33 Å². The first-order valence-corrected chi connectivity index (χ1v) is 4.78. The molecule has 0 bridgehead atoms. The maximum absolute atomic E-state index is 5.32. The molecule has 0 spiro atoms. The summed E-state index contributed by atoms with van der Waals surface area (Å²) in [7, 11) is 0. The minimum Gasteiger partial charge on any atom is -0.0933 e. The molecule has 0 fully saturated rings. The van der Waals surface area contributed by atoms with Gasteiger partial charge in [0.25, 0.3) is 0 Å². The van der Waals surface area contributed by atoms with Gasteiger partial charge in [0.05, 0.1) is 0 Å². The summed E-state index contributed by atoms with van der Waals surface area (Å²) < 4.78 is 0. The fourth-order valence-corrected chi connectivity index (χ4v) is 1.12. The molecule has 0 unspecified atom stereocenters. The van der Waals surface area contributed by atoms with Gasteiger partial charge in [-0.05, 0) is 19.3 Å². The molecule has 54 valence electrons. The van der Waals surface area contributed by atoms with Crippen LogP contribution in [0.2, 0.25) is 0 Å². The van der Waals surface area contributed by atoms with Crippen LogP contribution >= 0.6 is 27.5 Å². The van der Waals surface area contributed by atoms with E-state index in [9.17, 15) is 0 Å². The highest BCUT2D eigenvalue weighted by atomic mass is 79.9. The van der Waals surface area contributed by atoms with Gasteiger partial charge in [-0.1, -0.05) is 40.0 Å². The van der Waals surface area contributed by atoms with Crippen LogP contribution in [0.15, 0.2) is 11.6 Å². The summed E-state index contributed by atoms with van der Waals surface area (Å²) in [5, 5.41) is 1.12. The summed E-state index contributed by atoms with van der Waals surface area (Å²) in [4.78, 5) is 0. The number of alkyl halides is 1. The summed E-state index contributed by atoms with van der Waals surface area (Å²) in [5.41, 5.74) is 1.59. The number of unbranched alkanes of at least 4 members (excludes halogenated alkanes) is 3. The fourth-order valence-electron chi connectivity index (χ4n) is 0.596. The summed E-state index contributed by atoms with van der Waals surface area (Å²) in [6, 6.07) is 0. The van der Waals surface area contributed by atoms with Gasteiger partial charge in [0.15, 0.2) is 0 Å². The zero-order valence-corrected chi connectivity index (χ0v) is 7.79. The Labute approximate surface area is 70.4 Å². The third-order valence-electron chi connectivity index (χ3n) is 1.09.